The lowest BCUT2D eigenvalue weighted by Gasteiger charge is -2.31. The highest BCUT2D eigenvalue weighted by Crippen LogP contribution is 2.19. The number of piperidine rings is 1. The quantitative estimate of drug-likeness (QED) is 0.384. The largest absolute Gasteiger partial charge is 0.409 e. The van der Waals surface area contributed by atoms with E-state index >= 15 is 0 Å². The molecule has 0 bridgehead atoms. The van der Waals surface area contributed by atoms with Crippen LogP contribution in [0.25, 0.3) is 0 Å². The second kappa shape index (κ2) is 6.51. The third-order valence-corrected chi connectivity index (χ3v) is 3.77. The highest BCUT2D eigenvalue weighted by atomic mass is 19.1. The van der Waals surface area contributed by atoms with Crippen LogP contribution < -0.4 is 5.73 Å². The number of amidine groups is 1. The van der Waals surface area contributed by atoms with Gasteiger partial charge in [0.15, 0.2) is 0 Å². The van der Waals surface area contributed by atoms with Crippen molar-refractivity contribution in [2.24, 2.45) is 16.8 Å². The maximum absolute atomic E-state index is 13.5. The minimum atomic E-state index is -0.713. The van der Waals surface area contributed by atoms with Gasteiger partial charge in [-0.25, -0.2) is 8.78 Å². The van der Waals surface area contributed by atoms with E-state index in [9.17, 15) is 13.6 Å². The number of oxime groups is 1. The van der Waals surface area contributed by atoms with Crippen molar-refractivity contribution in [1.29, 1.82) is 0 Å². The van der Waals surface area contributed by atoms with Gasteiger partial charge < -0.3 is 15.8 Å². The van der Waals surface area contributed by atoms with Crippen molar-refractivity contribution in [2.75, 3.05) is 13.1 Å². The molecule has 7 heteroatoms. The summed E-state index contributed by atoms with van der Waals surface area (Å²) in [4.78, 5) is 13.6. The number of benzene rings is 1. The number of halogens is 2. The Kier molecular flexibility index (Phi) is 4.72. The summed E-state index contributed by atoms with van der Waals surface area (Å²) in [7, 11) is 0. The molecule has 1 aromatic carbocycles. The summed E-state index contributed by atoms with van der Waals surface area (Å²) < 4.78 is 27.0. The van der Waals surface area contributed by atoms with Crippen molar-refractivity contribution in [3.63, 3.8) is 0 Å². The van der Waals surface area contributed by atoms with Gasteiger partial charge >= 0.3 is 0 Å². The predicted octanol–water partition coefficient (Wildman–Crippen LogP) is 1.49. The number of rotatable bonds is 3. The molecule has 21 heavy (non-hydrogen) atoms. The fourth-order valence-corrected chi connectivity index (χ4v) is 2.47. The maximum Gasteiger partial charge on any atom is 0.227 e. The molecular weight excluding hydrogens is 280 g/mol. The van der Waals surface area contributed by atoms with Crippen LogP contribution in [-0.2, 0) is 11.2 Å². The molecule has 1 saturated heterocycles. The van der Waals surface area contributed by atoms with Crippen molar-refractivity contribution in [2.45, 2.75) is 19.3 Å². The van der Waals surface area contributed by atoms with Crippen LogP contribution in [0.15, 0.2) is 23.4 Å². The molecule has 0 radical (unpaired) electrons. The zero-order valence-corrected chi connectivity index (χ0v) is 11.4. The van der Waals surface area contributed by atoms with E-state index in [2.05, 4.69) is 5.16 Å². The van der Waals surface area contributed by atoms with Gasteiger partial charge in [-0.2, -0.15) is 0 Å². The lowest BCUT2D eigenvalue weighted by atomic mass is 9.95. The molecule has 2 rings (SSSR count). The van der Waals surface area contributed by atoms with Crippen LogP contribution in [0.2, 0.25) is 0 Å². The van der Waals surface area contributed by atoms with Crippen LogP contribution in [0.1, 0.15) is 18.4 Å². The monoisotopic (exact) mass is 297 g/mol. The first-order valence-corrected chi connectivity index (χ1v) is 6.71. The van der Waals surface area contributed by atoms with Gasteiger partial charge in [0.05, 0.1) is 6.42 Å². The minimum Gasteiger partial charge on any atom is -0.409 e. The average molecular weight is 297 g/mol. The zero-order chi connectivity index (χ0) is 15.4. The molecule has 1 aliphatic heterocycles. The molecule has 1 amide bonds. The molecule has 0 saturated carbocycles. The van der Waals surface area contributed by atoms with E-state index in [-0.39, 0.29) is 29.6 Å². The van der Waals surface area contributed by atoms with Gasteiger partial charge in [0.25, 0.3) is 0 Å². The molecule has 0 aromatic heterocycles. The van der Waals surface area contributed by atoms with E-state index in [0.717, 1.165) is 12.1 Å². The van der Waals surface area contributed by atoms with Gasteiger partial charge in [-0.3, -0.25) is 4.79 Å². The molecule has 0 spiro atoms. The molecule has 0 unspecified atom stereocenters. The summed E-state index contributed by atoms with van der Waals surface area (Å²) in [5.74, 6) is -1.66. The first-order chi connectivity index (χ1) is 10.0. The Morgan fingerprint density at radius 3 is 2.43 bits per heavy atom. The average Bonchev–Trinajstić information content (AvgIpc) is 2.50. The van der Waals surface area contributed by atoms with Gasteiger partial charge in [0, 0.05) is 24.6 Å². The number of hydrogen-bond donors (Lipinski definition) is 2. The number of hydrogen-bond acceptors (Lipinski definition) is 3. The topological polar surface area (TPSA) is 78.9 Å². The molecule has 1 aromatic rings. The second-order valence-electron chi connectivity index (χ2n) is 5.06. The normalized spacial score (nSPS) is 17.0. The second-order valence-corrected chi connectivity index (χ2v) is 5.06. The lowest BCUT2D eigenvalue weighted by Crippen LogP contribution is -2.42. The standard InChI is InChI=1S/C14H17F2N3O2/c15-11-2-1-3-12(16)10(11)8-13(20)19-6-4-9(5-7-19)14(17)18-21/h1-3,9,21H,4-8H2,(H2,17,18). The fourth-order valence-electron chi connectivity index (χ4n) is 2.47. The molecule has 3 N–H and O–H groups in total. The Morgan fingerprint density at radius 1 is 1.33 bits per heavy atom. The Labute approximate surface area is 121 Å². The highest BCUT2D eigenvalue weighted by Gasteiger charge is 2.26. The number of likely N-dealkylation sites (tertiary alicyclic amines) is 1. The Morgan fingerprint density at radius 2 is 1.90 bits per heavy atom. The number of carbonyl (C=O) groups excluding carboxylic acids is 1. The first kappa shape index (κ1) is 15.2. The van der Waals surface area contributed by atoms with Crippen LogP contribution in [0.4, 0.5) is 8.78 Å². The predicted molar refractivity (Wildman–Crippen MR) is 72.8 cm³/mol. The molecular formula is C14H17F2N3O2. The van der Waals surface area contributed by atoms with Gasteiger partial charge in [-0.15, -0.1) is 0 Å². The number of nitrogens with zero attached hydrogens (tertiary/aromatic N) is 2. The van der Waals surface area contributed by atoms with Crippen LogP contribution >= 0.6 is 0 Å². The number of nitrogens with two attached hydrogens (primary N) is 1. The van der Waals surface area contributed by atoms with E-state index in [1.807, 2.05) is 0 Å². The number of carbonyl (C=O) groups is 1. The minimum absolute atomic E-state index is 0.0655. The van der Waals surface area contributed by atoms with Gasteiger partial charge in [0.2, 0.25) is 5.91 Å². The summed E-state index contributed by atoms with van der Waals surface area (Å²) in [6, 6.07) is 3.54. The molecule has 5 nitrogen and oxygen atoms in total. The highest BCUT2D eigenvalue weighted by molar-refractivity contribution is 5.83. The third-order valence-electron chi connectivity index (χ3n) is 3.77. The summed E-state index contributed by atoms with van der Waals surface area (Å²) >= 11 is 0. The molecule has 0 atom stereocenters. The SMILES string of the molecule is N/C(=N/O)C1CCN(C(=O)Cc2c(F)cccc2F)CC1. The zero-order valence-electron chi connectivity index (χ0n) is 11.4. The van der Waals surface area contributed by atoms with Crippen LogP contribution in [-0.4, -0.2) is 34.9 Å². The summed E-state index contributed by atoms with van der Waals surface area (Å²) in [5.41, 5.74) is 5.32. The van der Waals surface area contributed by atoms with Crippen molar-refractivity contribution >= 4 is 11.7 Å². The molecule has 0 aliphatic carbocycles. The molecule has 1 fully saturated rings. The Bertz CT molecular complexity index is 535. The van der Waals surface area contributed by atoms with Gasteiger partial charge in [-0.05, 0) is 25.0 Å². The summed E-state index contributed by atoms with van der Waals surface area (Å²) in [5, 5.41) is 11.6. The van der Waals surface area contributed by atoms with E-state index < -0.39 is 11.6 Å². The summed E-state index contributed by atoms with van der Waals surface area (Å²) in [6.07, 6.45) is 0.843. The van der Waals surface area contributed by atoms with Crippen LogP contribution in [0, 0.1) is 17.6 Å². The third kappa shape index (κ3) is 3.48. The summed E-state index contributed by atoms with van der Waals surface area (Å²) in [6.45, 7) is 0.853. The lowest BCUT2D eigenvalue weighted by molar-refractivity contribution is -0.131. The maximum atomic E-state index is 13.5. The van der Waals surface area contributed by atoms with Crippen molar-refractivity contribution in [1.82, 2.24) is 4.90 Å². The van der Waals surface area contributed by atoms with Crippen LogP contribution in [0.3, 0.4) is 0 Å². The number of amides is 1. The van der Waals surface area contributed by atoms with E-state index in [1.54, 1.807) is 4.90 Å². The van der Waals surface area contributed by atoms with Crippen molar-refractivity contribution < 1.29 is 18.8 Å². The van der Waals surface area contributed by atoms with E-state index in [1.165, 1.54) is 6.07 Å². The van der Waals surface area contributed by atoms with E-state index in [4.69, 9.17) is 10.9 Å². The fraction of sp³-hybridized carbons (Fsp3) is 0.429. The van der Waals surface area contributed by atoms with Gasteiger partial charge in [-0.1, -0.05) is 11.2 Å². The smallest absolute Gasteiger partial charge is 0.227 e. The van der Waals surface area contributed by atoms with Crippen LogP contribution in [0.5, 0.6) is 0 Å². The first-order valence-electron chi connectivity index (χ1n) is 6.71. The molecule has 1 aliphatic rings. The Hall–Kier alpha value is -2.18. The molecule has 1 heterocycles. The van der Waals surface area contributed by atoms with E-state index in [0.29, 0.717) is 25.9 Å². The van der Waals surface area contributed by atoms with Crippen molar-refractivity contribution in [3.05, 3.63) is 35.4 Å². The molecule has 114 valence electrons. The van der Waals surface area contributed by atoms with Crippen molar-refractivity contribution in [3.8, 4) is 0 Å². The van der Waals surface area contributed by atoms with Gasteiger partial charge in [0.1, 0.15) is 17.5 Å². The Balaban J connectivity index is 1.97.